The van der Waals surface area contributed by atoms with E-state index in [-0.39, 0.29) is 29.6 Å². The number of nitrogens with one attached hydrogen (secondary N) is 1. The van der Waals surface area contributed by atoms with Crippen LogP contribution in [0.25, 0.3) is 5.69 Å². The Bertz CT molecular complexity index is 1140. The van der Waals surface area contributed by atoms with E-state index in [1.807, 2.05) is 37.4 Å². The van der Waals surface area contributed by atoms with Crippen LogP contribution >= 0.6 is 11.8 Å². The lowest BCUT2D eigenvalue weighted by Gasteiger charge is -2.21. The monoisotopic (exact) mass is 481 g/mol. The van der Waals surface area contributed by atoms with Crippen LogP contribution in [0.15, 0.2) is 47.6 Å². The van der Waals surface area contributed by atoms with Crippen molar-refractivity contribution >= 4 is 17.7 Å². The zero-order valence-corrected chi connectivity index (χ0v) is 21.0. The van der Waals surface area contributed by atoms with Crippen LogP contribution in [0.5, 0.6) is 0 Å². The second-order valence-corrected chi connectivity index (χ2v) is 10.0. The molecule has 0 fully saturated rings. The standard InChI is InChI=1S/C26H32FN5OS/c1-17(20-10-9-19-7-5-6-8-21(19)15-20)28-24(33)16-34-26-30-29-25(18(2)31(3)4)32(26)23-13-11-22(27)12-14-23/h9-15,17-18H,5-8,16H2,1-4H3,(H,28,33)/t17-,18-/m0/s1. The summed E-state index contributed by atoms with van der Waals surface area (Å²) < 4.78 is 15.4. The van der Waals surface area contributed by atoms with E-state index in [2.05, 4.69) is 33.7 Å². The molecule has 0 bridgehead atoms. The molecule has 4 rings (SSSR count). The topological polar surface area (TPSA) is 63.1 Å². The Balaban J connectivity index is 1.46. The number of carbonyl (C=O) groups excluding carboxylic acids is 1. The van der Waals surface area contributed by atoms with Crippen molar-refractivity contribution in [3.63, 3.8) is 0 Å². The third-order valence-electron chi connectivity index (χ3n) is 6.47. The summed E-state index contributed by atoms with van der Waals surface area (Å²) in [6.07, 6.45) is 4.76. The highest BCUT2D eigenvalue weighted by molar-refractivity contribution is 7.99. The molecule has 180 valence electrons. The summed E-state index contributed by atoms with van der Waals surface area (Å²) in [6.45, 7) is 4.05. The van der Waals surface area contributed by atoms with Crippen molar-refractivity contribution in [2.24, 2.45) is 0 Å². The minimum absolute atomic E-state index is 0.00948. The molecule has 0 aliphatic heterocycles. The quantitative estimate of drug-likeness (QED) is 0.465. The summed E-state index contributed by atoms with van der Waals surface area (Å²) >= 11 is 1.33. The first-order valence-electron chi connectivity index (χ1n) is 11.7. The highest BCUT2D eigenvalue weighted by Gasteiger charge is 2.22. The second-order valence-electron chi connectivity index (χ2n) is 9.11. The van der Waals surface area contributed by atoms with E-state index in [0.29, 0.717) is 5.16 Å². The number of benzene rings is 2. The van der Waals surface area contributed by atoms with Crippen molar-refractivity contribution in [2.75, 3.05) is 19.8 Å². The number of aryl methyl sites for hydroxylation is 2. The van der Waals surface area contributed by atoms with Crippen molar-refractivity contribution in [1.29, 1.82) is 0 Å². The summed E-state index contributed by atoms with van der Waals surface area (Å²) in [5.41, 5.74) is 4.75. The van der Waals surface area contributed by atoms with Gasteiger partial charge in [0.05, 0.1) is 17.8 Å². The first-order chi connectivity index (χ1) is 16.3. The second kappa shape index (κ2) is 10.7. The average Bonchev–Trinajstić information content (AvgIpc) is 3.26. The fourth-order valence-corrected chi connectivity index (χ4v) is 5.00. The smallest absolute Gasteiger partial charge is 0.230 e. The van der Waals surface area contributed by atoms with Gasteiger partial charge in [-0.05, 0) is 94.6 Å². The molecular formula is C26H32FN5OS. The number of nitrogens with zero attached hydrogens (tertiary/aromatic N) is 4. The molecule has 6 nitrogen and oxygen atoms in total. The Morgan fingerprint density at radius 3 is 2.50 bits per heavy atom. The van der Waals surface area contributed by atoms with E-state index in [1.165, 1.54) is 47.9 Å². The van der Waals surface area contributed by atoms with Gasteiger partial charge >= 0.3 is 0 Å². The molecule has 0 spiro atoms. The van der Waals surface area contributed by atoms with Gasteiger partial charge in [-0.2, -0.15) is 0 Å². The first-order valence-corrected chi connectivity index (χ1v) is 12.7. The molecule has 2 atom stereocenters. The van der Waals surface area contributed by atoms with E-state index in [1.54, 1.807) is 12.1 Å². The van der Waals surface area contributed by atoms with Crippen LogP contribution in [-0.4, -0.2) is 45.4 Å². The van der Waals surface area contributed by atoms with Crippen LogP contribution in [0.2, 0.25) is 0 Å². The molecule has 1 aromatic heterocycles. The van der Waals surface area contributed by atoms with Gasteiger partial charge in [0, 0.05) is 5.69 Å². The summed E-state index contributed by atoms with van der Waals surface area (Å²) in [4.78, 5) is 14.8. The third-order valence-corrected chi connectivity index (χ3v) is 7.40. The summed E-state index contributed by atoms with van der Waals surface area (Å²) in [6, 6.07) is 12.7. The van der Waals surface area contributed by atoms with Gasteiger partial charge in [0.1, 0.15) is 5.82 Å². The number of hydrogen-bond acceptors (Lipinski definition) is 5. The third kappa shape index (κ3) is 5.50. The van der Waals surface area contributed by atoms with Gasteiger partial charge < -0.3 is 5.32 Å². The van der Waals surface area contributed by atoms with Crippen LogP contribution < -0.4 is 5.32 Å². The Morgan fingerprint density at radius 1 is 1.09 bits per heavy atom. The van der Waals surface area contributed by atoms with Crippen LogP contribution in [0, 0.1) is 5.82 Å². The molecule has 1 N–H and O–H groups in total. The number of rotatable bonds is 8. The van der Waals surface area contributed by atoms with Crippen molar-refractivity contribution in [1.82, 2.24) is 25.0 Å². The number of hydrogen-bond donors (Lipinski definition) is 1. The van der Waals surface area contributed by atoms with Crippen molar-refractivity contribution in [3.05, 3.63) is 70.8 Å². The van der Waals surface area contributed by atoms with Crippen LogP contribution in [0.1, 0.15) is 61.3 Å². The zero-order valence-electron chi connectivity index (χ0n) is 20.2. The molecule has 8 heteroatoms. The normalized spacial score (nSPS) is 15.1. The molecule has 2 aromatic carbocycles. The Morgan fingerprint density at radius 2 is 1.79 bits per heavy atom. The molecular weight excluding hydrogens is 449 g/mol. The number of halogens is 1. The van der Waals surface area contributed by atoms with Gasteiger partial charge in [-0.3, -0.25) is 14.3 Å². The molecule has 3 aromatic rings. The lowest BCUT2D eigenvalue weighted by Crippen LogP contribution is -2.28. The predicted octanol–water partition coefficient (Wildman–Crippen LogP) is 4.88. The van der Waals surface area contributed by atoms with Gasteiger partial charge in [0.15, 0.2) is 11.0 Å². The minimum Gasteiger partial charge on any atom is -0.349 e. The van der Waals surface area contributed by atoms with Gasteiger partial charge in [0.2, 0.25) is 5.91 Å². The largest absolute Gasteiger partial charge is 0.349 e. The molecule has 34 heavy (non-hydrogen) atoms. The summed E-state index contributed by atoms with van der Waals surface area (Å²) in [7, 11) is 3.94. The molecule has 1 aliphatic carbocycles. The summed E-state index contributed by atoms with van der Waals surface area (Å²) in [5, 5.41) is 12.5. The SMILES string of the molecule is C[C@H](NC(=O)CSc1nnc([C@H](C)N(C)C)n1-c1ccc(F)cc1)c1ccc2c(c1)CCCC2. The predicted molar refractivity (Wildman–Crippen MR) is 134 cm³/mol. The van der Waals surface area contributed by atoms with Crippen molar-refractivity contribution in [3.8, 4) is 5.69 Å². The first kappa shape index (κ1) is 24.4. The van der Waals surface area contributed by atoms with Crippen LogP contribution in [0.4, 0.5) is 4.39 Å². The van der Waals surface area contributed by atoms with Gasteiger partial charge in [0.25, 0.3) is 0 Å². The highest BCUT2D eigenvalue weighted by Crippen LogP contribution is 2.28. The van der Waals surface area contributed by atoms with E-state index < -0.39 is 0 Å². The Hall–Kier alpha value is -2.71. The highest BCUT2D eigenvalue weighted by atomic mass is 32.2. The molecule has 0 saturated heterocycles. The lowest BCUT2D eigenvalue weighted by molar-refractivity contribution is -0.119. The number of fused-ring (bicyclic) bond motifs is 1. The zero-order chi connectivity index (χ0) is 24.2. The maximum absolute atomic E-state index is 13.5. The van der Waals surface area contributed by atoms with Gasteiger partial charge in [-0.1, -0.05) is 30.0 Å². The molecule has 1 amide bonds. The van der Waals surface area contributed by atoms with E-state index >= 15 is 0 Å². The number of amides is 1. The van der Waals surface area contributed by atoms with Crippen LogP contribution in [0.3, 0.4) is 0 Å². The fraction of sp³-hybridized carbons (Fsp3) is 0.423. The number of carbonyl (C=O) groups is 1. The molecule has 1 aliphatic rings. The molecule has 0 saturated carbocycles. The minimum atomic E-state index is -0.302. The molecule has 0 radical (unpaired) electrons. The average molecular weight is 482 g/mol. The van der Waals surface area contributed by atoms with Gasteiger partial charge in [-0.25, -0.2) is 4.39 Å². The molecule has 1 heterocycles. The fourth-order valence-electron chi connectivity index (χ4n) is 4.23. The van der Waals surface area contributed by atoms with Crippen molar-refractivity contribution < 1.29 is 9.18 Å². The maximum atomic E-state index is 13.5. The van der Waals surface area contributed by atoms with Gasteiger partial charge in [-0.15, -0.1) is 10.2 Å². The van der Waals surface area contributed by atoms with Crippen molar-refractivity contribution in [2.45, 2.75) is 56.8 Å². The number of aromatic nitrogens is 3. The number of thioether (sulfide) groups is 1. The Labute approximate surface area is 205 Å². The lowest BCUT2D eigenvalue weighted by atomic mass is 9.89. The summed E-state index contributed by atoms with van der Waals surface area (Å²) in [5.74, 6) is 0.585. The Kier molecular flexibility index (Phi) is 7.68. The van der Waals surface area contributed by atoms with E-state index in [4.69, 9.17) is 0 Å². The van der Waals surface area contributed by atoms with Crippen LogP contribution in [-0.2, 0) is 17.6 Å². The van der Waals surface area contributed by atoms with E-state index in [0.717, 1.165) is 29.9 Å². The maximum Gasteiger partial charge on any atom is 0.230 e. The molecule has 0 unspecified atom stereocenters. The van der Waals surface area contributed by atoms with E-state index in [9.17, 15) is 9.18 Å².